The molecule has 100 valence electrons. The molecule has 0 aliphatic heterocycles. The molecule has 2 nitrogen and oxygen atoms in total. The van der Waals surface area contributed by atoms with Crippen LogP contribution in [0, 0.1) is 0 Å². The van der Waals surface area contributed by atoms with Gasteiger partial charge in [-0.05, 0) is 48.6 Å². The highest BCUT2D eigenvalue weighted by Crippen LogP contribution is 2.36. The fourth-order valence-corrected chi connectivity index (χ4v) is 3.01. The van der Waals surface area contributed by atoms with Crippen LogP contribution in [0.5, 0.6) is 0 Å². The molecule has 1 aliphatic rings. The summed E-state index contributed by atoms with van der Waals surface area (Å²) in [5.74, 6) is 0. The standard InChI is InChI=1S/C17H20O2/c1-3-18-17(19-4-2)15-11-10-13-9-8-12-6-5-7-14(15)16(12)13/h5-7,10-11,17H,3-4,8-9H2,1-2H3. The second-order valence-electron chi connectivity index (χ2n) is 4.90. The topological polar surface area (TPSA) is 18.5 Å². The molecular formula is C17H20O2. The first-order chi connectivity index (χ1) is 9.35. The van der Waals surface area contributed by atoms with Crippen molar-refractivity contribution in [3.63, 3.8) is 0 Å². The lowest BCUT2D eigenvalue weighted by atomic mass is 9.99. The van der Waals surface area contributed by atoms with Crippen molar-refractivity contribution >= 4 is 10.8 Å². The molecule has 0 fully saturated rings. The molecule has 0 saturated heterocycles. The van der Waals surface area contributed by atoms with Crippen LogP contribution in [0.4, 0.5) is 0 Å². The molecule has 0 spiro atoms. The zero-order valence-corrected chi connectivity index (χ0v) is 11.6. The van der Waals surface area contributed by atoms with Crippen LogP contribution in [0.15, 0.2) is 30.3 Å². The van der Waals surface area contributed by atoms with Gasteiger partial charge >= 0.3 is 0 Å². The lowest BCUT2D eigenvalue weighted by Crippen LogP contribution is -2.09. The van der Waals surface area contributed by atoms with Gasteiger partial charge in [-0.25, -0.2) is 0 Å². The van der Waals surface area contributed by atoms with Gasteiger partial charge in [0.05, 0.1) is 0 Å². The van der Waals surface area contributed by atoms with Gasteiger partial charge < -0.3 is 9.47 Å². The summed E-state index contributed by atoms with van der Waals surface area (Å²) in [4.78, 5) is 0. The lowest BCUT2D eigenvalue weighted by molar-refractivity contribution is -0.139. The normalized spacial score (nSPS) is 13.6. The highest BCUT2D eigenvalue weighted by Gasteiger charge is 2.20. The van der Waals surface area contributed by atoms with Crippen LogP contribution in [0.1, 0.15) is 36.8 Å². The zero-order valence-electron chi connectivity index (χ0n) is 11.6. The maximum Gasteiger partial charge on any atom is 0.184 e. The third-order valence-electron chi connectivity index (χ3n) is 3.80. The molecular weight excluding hydrogens is 236 g/mol. The Balaban J connectivity index is 2.14. The van der Waals surface area contributed by atoms with E-state index in [9.17, 15) is 0 Å². The fourth-order valence-electron chi connectivity index (χ4n) is 3.01. The molecule has 0 saturated carbocycles. The van der Waals surface area contributed by atoms with Gasteiger partial charge in [0.15, 0.2) is 6.29 Å². The number of benzene rings is 2. The monoisotopic (exact) mass is 256 g/mol. The van der Waals surface area contributed by atoms with E-state index in [-0.39, 0.29) is 6.29 Å². The highest BCUT2D eigenvalue weighted by atomic mass is 16.7. The summed E-state index contributed by atoms with van der Waals surface area (Å²) in [6.45, 7) is 5.33. The summed E-state index contributed by atoms with van der Waals surface area (Å²) >= 11 is 0. The largest absolute Gasteiger partial charge is 0.349 e. The summed E-state index contributed by atoms with van der Waals surface area (Å²) in [5, 5.41) is 2.71. The van der Waals surface area contributed by atoms with Crippen LogP contribution in [-0.4, -0.2) is 13.2 Å². The fraction of sp³-hybridized carbons (Fsp3) is 0.412. The van der Waals surface area contributed by atoms with E-state index >= 15 is 0 Å². The molecule has 0 bridgehead atoms. The molecule has 0 heterocycles. The Labute approximate surface area is 114 Å². The molecule has 0 radical (unpaired) electrons. The van der Waals surface area contributed by atoms with E-state index in [1.54, 1.807) is 0 Å². The lowest BCUT2D eigenvalue weighted by Gasteiger charge is -2.19. The minimum atomic E-state index is -0.250. The minimum Gasteiger partial charge on any atom is -0.349 e. The van der Waals surface area contributed by atoms with Crippen LogP contribution in [0.25, 0.3) is 10.8 Å². The summed E-state index contributed by atoms with van der Waals surface area (Å²) < 4.78 is 11.5. The van der Waals surface area contributed by atoms with Crippen molar-refractivity contribution in [2.75, 3.05) is 13.2 Å². The Hall–Kier alpha value is -1.38. The Kier molecular flexibility index (Phi) is 3.54. The maximum atomic E-state index is 5.75. The van der Waals surface area contributed by atoms with E-state index in [4.69, 9.17) is 9.47 Å². The number of hydrogen-bond donors (Lipinski definition) is 0. The first kappa shape index (κ1) is 12.6. The third kappa shape index (κ3) is 2.15. The third-order valence-corrected chi connectivity index (χ3v) is 3.80. The average molecular weight is 256 g/mol. The molecule has 1 aliphatic carbocycles. The van der Waals surface area contributed by atoms with Gasteiger partial charge in [0.2, 0.25) is 0 Å². The van der Waals surface area contributed by atoms with Gasteiger partial charge in [0, 0.05) is 18.8 Å². The van der Waals surface area contributed by atoms with Crippen molar-refractivity contribution in [3.05, 3.63) is 47.0 Å². The maximum absolute atomic E-state index is 5.75. The second kappa shape index (κ2) is 5.32. The van der Waals surface area contributed by atoms with Crippen molar-refractivity contribution in [1.29, 1.82) is 0 Å². The molecule has 0 N–H and O–H groups in total. The molecule has 2 aromatic rings. The van der Waals surface area contributed by atoms with Gasteiger partial charge in [0.25, 0.3) is 0 Å². The van der Waals surface area contributed by atoms with Crippen LogP contribution in [-0.2, 0) is 22.3 Å². The van der Waals surface area contributed by atoms with E-state index in [0.717, 1.165) is 18.4 Å². The van der Waals surface area contributed by atoms with Gasteiger partial charge in [-0.1, -0.05) is 30.3 Å². The minimum absolute atomic E-state index is 0.250. The molecule has 0 aromatic heterocycles. The predicted octanol–water partition coefficient (Wildman–Crippen LogP) is 4.01. The first-order valence-electron chi connectivity index (χ1n) is 7.11. The van der Waals surface area contributed by atoms with E-state index < -0.39 is 0 Å². The van der Waals surface area contributed by atoms with Crippen LogP contribution >= 0.6 is 0 Å². The summed E-state index contributed by atoms with van der Waals surface area (Å²) in [6.07, 6.45) is 2.06. The van der Waals surface area contributed by atoms with Crippen molar-refractivity contribution in [2.45, 2.75) is 33.0 Å². The van der Waals surface area contributed by atoms with Crippen molar-refractivity contribution in [1.82, 2.24) is 0 Å². The Morgan fingerprint density at radius 3 is 2.32 bits per heavy atom. The molecule has 2 heteroatoms. The second-order valence-corrected chi connectivity index (χ2v) is 4.90. The van der Waals surface area contributed by atoms with Gasteiger partial charge in [-0.2, -0.15) is 0 Å². The summed E-state index contributed by atoms with van der Waals surface area (Å²) in [5.41, 5.74) is 4.08. The number of aryl methyl sites for hydroxylation is 2. The van der Waals surface area contributed by atoms with Crippen LogP contribution in [0.3, 0.4) is 0 Å². The van der Waals surface area contributed by atoms with Gasteiger partial charge in [-0.15, -0.1) is 0 Å². The Bertz CT molecular complexity index is 573. The molecule has 2 aromatic carbocycles. The number of hydrogen-bond acceptors (Lipinski definition) is 2. The van der Waals surface area contributed by atoms with Crippen molar-refractivity contribution in [2.24, 2.45) is 0 Å². The predicted molar refractivity (Wildman–Crippen MR) is 77.3 cm³/mol. The van der Waals surface area contributed by atoms with E-state index in [1.807, 2.05) is 13.8 Å². The molecule has 0 unspecified atom stereocenters. The first-order valence-corrected chi connectivity index (χ1v) is 7.11. The summed E-state index contributed by atoms with van der Waals surface area (Å²) in [6, 6.07) is 11.0. The quantitative estimate of drug-likeness (QED) is 0.752. The number of ether oxygens (including phenoxy) is 2. The van der Waals surface area contributed by atoms with Crippen LogP contribution in [0.2, 0.25) is 0 Å². The molecule has 0 amide bonds. The van der Waals surface area contributed by atoms with Crippen molar-refractivity contribution in [3.8, 4) is 0 Å². The molecule has 3 rings (SSSR count). The SMILES string of the molecule is CCOC(OCC)c1ccc2c3c(cccc13)CC2. The number of rotatable bonds is 5. The molecule has 19 heavy (non-hydrogen) atoms. The zero-order chi connectivity index (χ0) is 13.2. The Morgan fingerprint density at radius 1 is 0.947 bits per heavy atom. The van der Waals surface area contributed by atoms with E-state index in [2.05, 4.69) is 30.3 Å². The average Bonchev–Trinajstić information content (AvgIpc) is 2.85. The highest BCUT2D eigenvalue weighted by molar-refractivity contribution is 5.93. The van der Waals surface area contributed by atoms with Crippen molar-refractivity contribution < 1.29 is 9.47 Å². The van der Waals surface area contributed by atoms with Gasteiger partial charge in [-0.3, -0.25) is 0 Å². The van der Waals surface area contributed by atoms with E-state index in [1.165, 1.54) is 21.9 Å². The smallest absolute Gasteiger partial charge is 0.184 e. The van der Waals surface area contributed by atoms with E-state index in [0.29, 0.717) is 13.2 Å². The molecule has 0 atom stereocenters. The van der Waals surface area contributed by atoms with Gasteiger partial charge in [0.1, 0.15) is 0 Å². The van der Waals surface area contributed by atoms with Crippen LogP contribution < -0.4 is 0 Å². The summed E-state index contributed by atoms with van der Waals surface area (Å²) in [7, 11) is 0. The Morgan fingerprint density at radius 2 is 1.63 bits per heavy atom.